The molecule has 200 valence electrons. The molecule has 4 nitrogen and oxygen atoms in total. The zero-order valence-electron chi connectivity index (χ0n) is 23.3. The fourth-order valence-corrected chi connectivity index (χ4v) is 9.31. The SMILES string of the molecule is C=Cc1ccccc1CCO[Si](CCOCC)(OCC(C=C)CCC)C(CC)(CCC)COCC. The van der Waals surface area contributed by atoms with Gasteiger partial charge in [-0.1, -0.05) is 76.6 Å². The van der Waals surface area contributed by atoms with Crippen LogP contribution in [0.5, 0.6) is 0 Å². The van der Waals surface area contributed by atoms with E-state index in [1.807, 2.05) is 19.1 Å². The van der Waals surface area contributed by atoms with Crippen LogP contribution in [0.4, 0.5) is 0 Å². The summed E-state index contributed by atoms with van der Waals surface area (Å²) < 4.78 is 26.1. The van der Waals surface area contributed by atoms with E-state index >= 15 is 0 Å². The van der Waals surface area contributed by atoms with Gasteiger partial charge in [0.25, 0.3) is 0 Å². The predicted molar refractivity (Wildman–Crippen MR) is 152 cm³/mol. The van der Waals surface area contributed by atoms with Gasteiger partial charge in [-0.3, -0.25) is 0 Å². The zero-order valence-corrected chi connectivity index (χ0v) is 24.3. The fraction of sp³-hybridized carbons (Fsp3) is 0.667. The fourth-order valence-electron chi connectivity index (χ4n) is 4.97. The van der Waals surface area contributed by atoms with Crippen LogP contribution in [0.15, 0.2) is 43.5 Å². The van der Waals surface area contributed by atoms with Crippen LogP contribution in [0.2, 0.25) is 11.1 Å². The Balaban J connectivity index is 3.37. The molecule has 0 N–H and O–H groups in total. The van der Waals surface area contributed by atoms with E-state index in [2.05, 4.69) is 65.1 Å². The summed E-state index contributed by atoms with van der Waals surface area (Å²) in [5, 5.41) is -0.134. The minimum atomic E-state index is -2.78. The molecule has 3 unspecified atom stereocenters. The summed E-state index contributed by atoms with van der Waals surface area (Å²) in [5.41, 5.74) is 2.42. The standard InChI is InChI=1S/C30H52O4Si/c1-8-17-27(10-3)25-34-35(24-23-31-13-6,30(12-5,21-9-2)26-32-14-7)33-22-20-29-19-16-15-18-28(29)11-4/h10-11,15-16,18-19,27H,3-4,8-9,12-14,17,20-26H2,1-2,5-7H3. The number of hydrogen-bond acceptors (Lipinski definition) is 4. The molecule has 1 rings (SSSR count). The van der Waals surface area contributed by atoms with Crippen molar-refractivity contribution in [3.8, 4) is 0 Å². The van der Waals surface area contributed by atoms with E-state index in [1.165, 1.54) is 5.56 Å². The van der Waals surface area contributed by atoms with Crippen molar-refractivity contribution < 1.29 is 18.3 Å². The van der Waals surface area contributed by atoms with Gasteiger partial charge in [-0.05, 0) is 56.6 Å². The van der Waals surface area contributed by atoms with Crippen LogP contribution in [0.1, 0.15) is 77.8 Å². The van der Waals surface area contributed by atoms with Gasteiger partial charge in [0.05, 0.1) is 6.61 Å². The Hall–Kier alpha value is -1.24. The van der Waals surface area contributed by atoms with E-state index in [0.29, 0.717) is 45.6 Å². The summed E-state index contributed by atoms with van der Waals surface area (Å²) >= 11 is 0. The smallest absolute Gasteiger partial charge is 0.349 e. The zero-order chi connectivity index (χ0) is 26.0. The van der Waals surface area contributed by atoms with Crippen LogP contribution in [0.3, 0.4) is 0 Å². The lowest BCUT2D eigenvalue weighted by molar-refractivity contribution is 0.0559. The van der Waals surface area contributed by atoms with Gasteiger partial charge in [0.15, 0.2) is 0 Å². The van der Waals surface area contributed by atoms with Gasteiger partial charge < -0.3 is 18.3 Å². The molecule has 0 aliphatic carbocycles. The molecule has 5 heteroatoms. The van der Waals surface area contributed by atoms with Crippen LogP contribution in [-0.4, -0.2) is 48.2 Å². The molecular formula is C30H52O4Si. The Kier molecular flexibility index (Phi) is 16.4. The molecule has 0 spiro atoms. The summed E-state index contributed by atoms with van der Waals surface area (Å²) in [4.78, 5) is 0. The number of ether oxygens (including phenoxy) is 2. The van der Waals surface area contributed by atoms with Gasteiger partial charge in [0, 0.05) is 44.1 Å². The van der Waals surface area contributed by atoms with Crippen molar-refractivity contribution in [2.45, 2.75) is 84.2 Å². The maximum Gasteiger partial charge on any atom is 0.349 e. The highest BCUT2D eigenvalue weighted by Gasteiger charge is 2.56. The molecule has 0 fully saturated rings. The van der Waals surface area contributed by atoms with E-state index < -0.39 is 8.56 Å². The van der Waals surface area contributed by atoms with Crippen molar-refractivity contribution in [2.24, 2.45) is 5.92 Å². The second kappa shape index (κ2) is 18.1. The molecule has 0 bridgehead atoms. The first-order valence-corrected chi connectivity index (χ1v) is 15.8. The minimum Gasteiger partial charge on any atom is -0.393 e. The van der Waals surface area contributed by atoms with E-state index in [-0.39, 0.29) is 5.04 Å². The summed E-state index contributed by atoms with van der Waals surface area (Å²) in [6.07, 6.45) is 10.0. The summed E-state index contributed by atoms with van der Waals surface area (Å²) in [6, 6.07) is 9.22. The van der Waals surface area contributed by atoms with Crippen LogP contribution >= 0.6 is 0 Å². The largest absolute Gasteiger partial charge is 0.393 e. The lowest BCUT2D eigenvalue weighted by Gasteiger charge is -2.47. The first-order valence-electron chi connectivity index (χ1n) is 13.8. The van der Waals surface area contributed by atoms with E-state index in [4.69, 9.17) is 18.3 Å². The van der Waals surface area contributed by atoms with Crippen LogP contribution in [-0.2, 0) is 24.7 Å². The monoisotopic (exact) mass is 504 g/mol. The molecule has 0 aromatic heterocycles. The lowest BCUT2D eigenvalue weighted by atomic mass is 10.0. The Morgan fingerprint density at radius 1 is 0.943 bits per heavy atom. The van der Waals surface area contributed by atoms with E-state index in [0.717, 1.165) is 50.1 Å². The van der Waals surface area contributed by atoms with Crippen molar-refractivity contribution in [3.05, 3.63) is 54.6 Å². The molecule has 0 amide bonds. The predicted octanol–water partition coefficient (Wildman–Crippen LogP) is 7.97. The highest BCUT2D eigenvalue weighted by molar-refractivity contribution is 6.71. The Morgan fingerprint density at radius 2 is 1.69 bits per heavy atom. The summed E-state index contributed by atoms with van der Waals surface area (Å²) in [5.74, 6) is 0.326. The molecule has 0 saturated carbocycles. The third kappa shape index (κ3) is 9.62. The van der Waals surface area contributed by atoms with Gasteiger partial charge in [0.2, 0.25) is 0 Å². The molecule has 0 heterocycles. The maximum atomic E-state index is 7.05. The molecule has 0 aliphatic rings. The highest BCUT2D eigenvalue weighted by atomic mass is 28.4. The van der Waals surface area contributed by atoms with Crippen molar-refractivity contribution in [1.82, 2.24) is 0 Å². The van der Waals surface area contributed by atoms with Gasteiger partial charge in [0.1, 0.15) is 0 Å². The van der Waals surface area contributed by atoms with Crippen molar-refractivity contribution >= 4 is 14.6 Å². The first kappa shape index (κ1) is 31.8. The topological polar surface area (TPSA) is 36.9 Å². The van der Waals surface area contributed by atoms with Crippen molar-refractivity contribution in [2.75, 3.05) is 39.6 Å². The first-order chi connectivity index (χ1) is 17.0. The Bertz CT molecular complexity index is 709. The van der Waals surface area contributed by atoms with Crippen LogP contribution < -0.4 is 0 Å². The average molecular weight is 505 g/mol. The average Bonchev–Trinajstić information content (AvgIpc) is 2.88. The van der Waals surface area contributed by atoms with Crippen molar-refractivity contribution in [3.63, 3.8) is 0 Å². The number of rotatable bonds is 22. The maximum absolute atomic E-state index is 7.05. The number of benzene rings is 1. The van der Waals surface area contributed by atoms with Gasteiger partial charge in [-0.15, -0.1) is 6.58 Å². The lowest BCUT2D eigenvalue weighted by Crippen LogP contribution is -2.57. The van der Waals surface area contributed by atoms with Gasteiger partial charge >= 0.3 is 8.56 Å². The quantitative estimate of drug-likeness (QED) is 0.0911. The summed E-state index contributed by atoms with van der Waals surface area (Å²) in [6.45, 7) is 22.9. The minimum absolute atomic E-state index is 0.134. The molecule has 0 saturated heterocycles. The van der Waals surface area contributed by atoms with E-state index in [1.54, 1.807) is 0 Å². The third-order valence-electron chi connectivity index (χ3n) is 7.08. The molecule has 1 aromatic carbocycles. The van der Waals surface area contributed by atoms with Gasteiger partial charge in [-0.25, -0.2) is 0 Å². The summed E-state index contributed by atoms with van der Waals surface area (Å²) in [7, 11) is -2.78. The van der Waals surface area contributed by atoms with Crippen LogP contribution in [0.25, 0.3) is 6.08 Å². The molecular weight excluding hydrogens is 452 g/mol. The molecule has 35 heavy (non-hydrogen) atoms. The normalized spacial score (nSPS) is 15.8. The van der Waals surface area contributed by atoms with Crippen LogP contribution in [0, 0.1) is 5.92 Å². The molecule has 1 aromatic rings. The van der Waals surface area contributed by atoms with E-state index in [9.17, 15) is 0 Å². The second-order valence-electron chi connectivity index (χ2n) is 9.32. The highest BCUT2D eigenvalue weighted by Crippen LogP contribution is 2.49. The Morgan fingerprint density at radius 3 is 2.29 bits per heavy atom. The molecule has 3 atom stereocenters. The number of hydrogen-bond donors (Lipinski definition) is 0. The molecule has 0 radical (unpaired) electrons. The van der Waals surface area contributed by atoms with Gasteiger partial charge in [-0.2, -0.15) is 0 Å². The Labute approximate surface area is 217 Å². The third-order valence-corrected chi connectivity index (χ3v) is 11.6. The molecule has 0 aliphatic heterocycles. The second-order valence-corrected chi connectivity index (χ2v) is 13.0. The van der Waals surface area contributed by atoms with Crippen molar-refractivity contribution in [1.29, 1.82) is 0 Å².